The van der Waals surface area contributed by atoms with E-state index >= 15 is 0 Å². The largest absolute Gasteiger partial charge is 0.481 e. The van der Waals surface area contributed by atoms with Crippen molar-refractivity contribution < 1.29 is 24.7 Å². The molecule has 0 saturated carbocycles. The van der Waals surface area contributed by atoms with Gasteiger partial charge in [-0.15, -0.1) is 0 Å². The number of rotatable bonds is 6. The first-order chi connectivity index (χ1) is 10.9. The molecule has 0 unspecified atom stereocenters. The number of nitrogens with zero attached hydrogens (tertiary/aromatic N) is 1. The Morgan fingerprint density at radius 1 is 1.09 bits per heavy atom. The number of aromatic carboxylic acids is 1. The summed E-state index contributed by atoms with van der Waals surface area (Å²) in [4.78, 5) is 33.0. The van der Waals surface area contributed by atoms with Crippen molar-refractivity contribution in [3.05, 3.63) is 63.7 Å². The van der Waals surface area contributed by atoms with Crippen LogP contribution in [0.4, 0.5) is 5.69 Å². The quantitative estimate of drug-likeness (QED) is 0.616. The molecular formula is C15H11NO6S. The van der Waals surface area contributed by atoms with Gasteiger partial charge in [-0.25, -0.2) is 4.79 Å². The standard InChI is InChI=1S/C15H11NO6S/c17-14(18)7-9-1-4-11(5-2-9)23-13-6-3-10(16(21)22)8-12(13)15(19)20/h1-6,8H,7H2,(H,17,18)(H,19,20). The molecule has 2 rings (SSSR count). The SMILES string of the molecule is O=C(O)Cc1ccc(Sc2ccc([N+](=O)[O-])cc2C(=O)O)cc1. The zero-order chi connectivity index (χ0) is 17.0. The first-order valence-corrected chi connectivity index (χ1v) is 7.19. The molecule has 0 fully saturated rings. The summed E-state index contributed by atoms with van der Waals surface area (Å²) in [6.45, 7) is 0. The fourth-order valence-corrected chi connectivity index (χ4v) is 2.78. The van der Waals surface area contributed by atoms with E-state index in [1.54, 1.807) is 24.3 Å². The number of nitro benzene ring substituents is 1. The summed E-state index contributed by atoms with van der Waals surface area (Å²) in [5.74, 6) is -2.19. The van der Waals surface area contributed by atoms with Gasteiger partial charge in [0.05, 0.1) is 16.9 Å². The molecule has 0 aliphatic heterocycles. The summed E-state index contributed by atoms with van der Waals surface area (Å²) in [5.41, 5.74) is 0.186. The summed E-state index contributed by atoms with van der Waals surface area (Å²) in [6.07, 6.45) is -0.0944. The highest BCUT2D eigenvalue weighted by molar-refractivity contribution is 7.99. The Morgan fingerprint density at radius 2 is 1.74 bits per heavy atom. The number of carboxylic acid groups (broad SMARTS) is 2. The average molecular weight is 333 g/mol. The van der Waals surface area contributed by atoms with Gasteiger partial charge in [-0.1, -0.05) is 23.9 Å². The number of non-ortho nitro benzene ring substituents is 1. The van der Waals surface area contributed by atoms with Gasteiger partial charge in [-0.2, -0.15) is 0 Å². The smallest absolute Gasteiger partial charge is 0.337 e. The van der Waals surface area contributed by atoms with Crippen LogP contribution in [-0.4, -0.2) is 27.1 Å². The van der Waals surface area contributed by atoms with Crippen LogP contribution in [0.1, 0.15) is 15.9 Å². The van der Waals surface area contributed by atoms with Crippen molar-refractivity contribution in [2.45, 2.75) is 16.2 Å². The summed E-state index contributed by atoms with van der Waals surface area (Å²) in [5, 5.41) is 28.6. The molecule has 0 bridgehead atoms. The van der Waals surface area contributed by atoms with Gasteiger partial charge in [-0.3, -0.25) is 14.9 Å². The van der Waals surface area contributed by atoms with Crippen molar-refractivity contribution in [2.24, 2.45) is 0 Å². The van der Waals surface area contributed by atoms with Crippen molar-refractivity contribution in [1.29, 1.82) is 0 Å². The average Bonchev–Trinajstić information content (AvgIpc) is 2.48. The van der Waals surface area contributed by atoms with Crippen molar-refractivity contribution in [3.63, 3.8) is 0 Å². The van der Waals surface area contributed by atoms with Gasteiger partial charge in [-0.05, 0) is 23.8 Å². The second-order valence-corrected chi connectivity index (χ2v) is 5.67. The van der Waals surface area contributed by atoms with E-state index in [0.717, 1.165) is 17.8 Å². The fraction of sp³-hybridized carbons (Fsp3) is 0.0667. The van der Waals surface area contributed by atoms with Crippen LogP contribution in [0.15, 0.2) is 52.3 Å². The van der Waals surface area contributed by atoms with Crippen LogP contribution in [0.25, 0.3) is 0 Å². The first kappa shape index (κ1) is 16.5. The number of carboxylic acids is 2. The topological polar surface area (TPSA) is 118 Å². The summed E-state index contributed by atoms with van der Waals surface area (Å²) in [6, 6.07) is 10.3. The van der Waals surface area contributed by atoms with Gasteiger partial charge >= 0.3 is 11.9 Å². The number of hydrogen-bond donors (Lipinski definition) is 2. The van der Waals surface area contributed by atoms with E-state index in [2.05, 4.69) is 0 Å². The first-order valence-electron chi connectivity index (χ1n) is 6.37. The summed E-state index contributed by atoms with van der Waals surface area (Å²) in [7, 11) is 0. The lowest BCUT2D eigenvalue weighted by atomic mass is 10.2. The van der Waals surface area contributed by atoms with Crippen LogP contribution in [0.2, 0.25) is 0 Å². The lowest BCUT2D eigenvalue weighted by molar-refractivity contribution is -0.384. The molecule has 0 heterocycles. The third-order valence-electron chi connectivity index (χ3n) is 2.91. The third kappa shape index (κ3) is 4.30. The monoisotopic (exact) mass is 333 g/mol. The zero-order valence-electron chi connectivity index (χ0n) is 11.6. The van der Waals surface area contributed by atoms with Crippen molar-refractivity contribution in [2.75, 3.05) is 0 Å². The third-order valence-corrected chi connectivity index (χ3v) is 3.99. The molecular weight excluding hydrogens is 322 g/mol. The Balaban J connectivity index is 2.27. The van der Waals surface area contributed by atoms with E-state index in [4.69, 9.17) is 5.11 Å². The van der Waals surface area contributed by atoms with Gasteiger partial charge in [0.2, 0.25) is 0 Å². The van der Waals surface area contributed by atoms with Gasteiger partial charge in [0.15, 0.2) is 0 Å². The van der Waals surface area contributed by atoms with E-state index in [-0.39, 0.29) is 17.7 Å². The molecule has 2 aromatic rings. The molecule has 0 radical (unpaired) electrons. The second-order valence-electron chi connectivity index (χ2n) is 4.56. The summed E-state index contributed by atoms with van der Waals surface area (Å²) < 4.78 is 0. The molecule has 2 N–H and O–H groups in total. The van der Waals surface area contributed by atoms with Crippen molar-refractivity contribution in [1.82, 2.24) is 0 Å². The van der Waals surface area contributed by atoms with E-state index in [0.29, 0.717) is 15.4 Å². The van der Waals surface area contributed by atoms with Crippen LogP contribution in [0.3, 0.4) is 0 Å². The minimum atomic E-state index is -1.25. The minimum Gasteiger partial charge on any atom is -0.481 e. The Bertz CT molecular complexity index is 772. The molecule has 0 atom stereocenters. The highest BCUT2D eigenvalue weighted by Gasteiger charge is 2.16. The molecule has 8 heteroatoms. The highest BCUT2D eigenvalue weighted by Crippen LogP contribution is 2.32. The number of aliphatic carboxylic acids is 1. The molecule has 7 nitrogen and oxygen atoms in total. The molecule has 0 aliphatic rings. The minimum absolute atomic E-state index is 0.0944. The molecule has 0 aromatic heterocycles. The van der Waals surface area contributed by atoms with E-state index in [9.17, 15) is 24.8 Å². The molecule has 0 spiro atoms. The lowest BCUT2D eigenvalue weighted by Gasteiger charge is -2.06. The fourth-order valence-electron chi connectivity index (χ4n) is 1.86. The van der Waals surface area contributed by atoms with E-state index in [1.807, 2.05) is 0 Å². The number of nitro groups is 1. The normalized spacial score (nSPS) is 10.3. The maximum Gasteiger partial charge on any atom is 0.337 e. The van der Waals surface area contributed by atoms with Crippen molar-refractivity contribution in [3.8, 4) is 0 Å². The van der Waals surface area contributed by atoms with Gasteiger partial charge < -0.3 is 10.2 Å². The van der Waals surface area contributed by atoms with Gasteiger partial charge in [0, 0.05) is 21.9 Å². The second kappa shape index (κ2) is 6.93. The summed E-state index contributed by atoms with van der Waals surface area (Å²) >= 11 is 1.14. The van der Waals surface area contributed by atoms with Crippen LogP contribution < -0.4 is 0 Å². The van der Waals surface area contributed by atoms with Gasteiger partial charge in [0.1, 0.15) is 0 Å². The molecule has 2 aromatic carbocycles. The van der Waals surface area contributed by atoms with Gasteiger partial charge in [0.25, 0.3) is 5.69 Å². The zero-order valence-corrected chi connectivity index (χ0v) is 12.4. The Morgan fingerprint density at radius 3 is 2.26 bits per heavy atom. The Hall–Kier alpha value is -2.87. The number of benzene rings is 2. The molecule has 118 valence electrons. The van der Waals surface area contributed by atoms with Crippen molar-refractivity contribution >= 4 is 29.4 Å². The lowest BCUT2D eigenvalue weighted by Crippen LogP contribution is -2.01. The maximum atomic E-state index is 11.3. The van der Waals surface area contributed by atoms with E-state index < -0.39 is 16.9 Å². The predicted octanol–water partition coefficient (Wildman–Crippen LogP) is 3.07. The molecule has 0 aliphatic carbocycles. The molecule has 23 heavy (non-hydrogen) atoms. The maximum absolute atomic E-state index is 11.3. The Labute approximate surface area is 134 Å². The predicted molar refractivity (Wildman–Crippen MR) is 82.0 cm³/mol. The van der Waals surface area contributed by atoms with Crippen LogP contribution in [0, 0.1) is 10.1 Å². The molecule has 0 saturated heterocycles. The Kier molecular flexibility index (Phi) is 4.97. The number of hydrogen-bond acceptors (Lipinski definition) is 5. The van der Waals surface area contributed by atoms with E-state index in [1.165, 1.54) is 12.1 Å². The highest BCUT2D eigenvalue weighted by atomic mass is 32.2. The van der Waals surface area contributed by atoms with Crippen LogP contribution >= 0.6 is 11.8 Å². The van der Waals surface area contributed by atoms with Crippen LogP contribution in [0.5, 0.6) is 0 Å². The number of carbonyl (C=O) groups is 2. The van der Waals surface area contributed by atoms with Crippen LogP contribution in [-0.2, 0) is 11.2 Å². The molecule has 0 amide bonds.